The van der Waals surface area contributed by atoms with E-state index in [2.05, 4.69) is 17.6 Å². The van der Waals surface area contributed by atoms with Crippen molar-refractivity contribution in [3.8, 4) is 0 Å². The third-order valence-corrected chi connectivity index (χ3v) is 13.3. The monoisotopic (exact) mass is 813 g/mol. The van der Waals surface area contributed by atoms with Gasteiger partial charge in [0.25, 0.3) is 5.91 Å². The van der Waals surface area contributed by atoms with E-state index in [1.165, 1.54) is 5.82 Å². The van der Waals surface area contributed by atoms with E-state index in [4.69, 9.17) is 43.5 Å². The molecule has 5 aliphatic rings. The van der Waals surface area contributed by atoms with Gasteiger partial charge in [0.1, 0.15) is 6.04 Å². The van der Waals surface area contributed by atoms with E-state index in [-0.39, 0.29) is 37.4 Å². The first-order valence-electron chi connectivity index (χ1n) is 19.8. The molecule has 3 unspecified atom stereocenters. The molecule has 4 heterocycles. The van der Waals surface area contributed by atoms with Gasteiger partial charge < -0.3 is 44.4 Å². The Morgan fingerprint density at radius 3 is 2.28 bits per heavy atom. The van der Waals surface area contributed by atoms with Crippen molar-refractivity contribution in [2.24, 2.45) is 29.4 Å². The van der Waals surface area contributed by atoms with E-state index in [9.17, 15) is 18.9 Å². The van der Waals surface area contributed by atoms with Gasteiger partial charge in [0, 0.05) is 30.5 Å². The number of nitrogens with two attached hydrogens (primary N) is 1. The molecule has 2 aromatic carbocycles. The number of ether oxygens (including phenoxy) is 4. The van der Waals surface area contributed by atoms with Gasteiger partial charge in [-0.1, -0.05) is 74.5 Å². The van der Waals surface area contributed by atoms with E-state index >= 15 is 0 Å². The number of rotatable bonds is 17. The molecule has 15 nitrogen and oxygen atoms in total. The maximum Gasteiger partial charge on any atom is 0.405 e. The third kappa shape index (κ3) is 9.80. The lowest BCUT2D eigenvalue weighted by molar-refractivity contribution is -0.577. The van der Waals surface area contributed by atoms with Crippen LogP contribution in [-0.4, -0.2) is 73.8 Å². The van der Waals surface area contributed by atoms with Gasteiger partial charge in [0.2, 0.25) is 17.8 Å². The Morgan fingerprint density at radius 2 is 1.61 bits per heavy atom. The Kier molecular flexibility index (Phi) is 13.9. The molecule has 312 valence electrons. The van der Waals surface area contributed by atoms with Crippen LogP contribution in [0.1, 0.15) is 77.5 Å². The predicted molar refractivity (Wildman–Crippen MR) is 207 cm³/mol. The zero-order valence-corrected chi connectivity index (χ0v) is 34.1. The summed E-state index contributed by atoms with van der Waals surface area (Å²) in [6.07, 6.45) is 0.553. The van der Waals surface area contributed by atoms with Gasteiger partial charge in [-0.3, -0.25) is 14.2 Å². The zero-order chi connectivity index (χ0) is 40.8. The Bertz CT molecular complexity index is 1760. The van der Waals surface area contributed by atoms with Crippen molar-refractivity contribution < 1.29 is 56.7 Å². The molecule has 0 radical (unpaired) electrons. The molecule has 3 amide bonds. The van der Waals surface area contributed by atoms with Gasteiger partial charge in [0.15, 0.2) is 18.2 Å². The van der Waals surface area contributed by atoms with E-state index in [0.717, 1.165) is 24.8 Å². The number of primary amides is 1. The summed E-state index contributed by atoms with van der Waals surface area (Å²) >= 11 is 0. The zero-order valence-electron chi connectivity index (χ0n) is 33.2. The van der Waals surface area contributed by atoms with Crippen molar-refractivity contribution in [2.45, 2.75) is 109 Å². The predicted octanol–water partition coefficient (Wildman–Crippen LogP) is 6.04. The number of hydrogen-bond acceptors (Lipinski definition) is 12. The first-order chi connectivity index (χ1) is 27.3. The van der Waals surface area contributed by atoms with Gasteiger partial charge >= 0.3 is 13.7 Å². The molecule has 5 fully saturated rings. The lowest BCUT2D eigenvalue weighted by Crippen LogP contribution is -2.70. The summed E-state index contributed by atoms with van der Waals surface area (Å²) in [7, 11) is -3.62. The first kappa shape index (κ1) is 42.9. The van der Waals surface area contributed by atoms with Gasteiger partial charge in [-0.25, -0.2) is 14.6 Å². The highest BCUT2D eigenvalue weighted by Gasteiger charge is 2.69. The first-order valence-corrected chi connectivity index (χ1v) is 21.5. The van der Waals surface area contributed by atoms with Crippen molar-refractivity contribution >= 4 is 25.5 Å². The molecular weight excluding hydrogens is 757 g/mol. The smallest absolute Gasteiger partial charge is 0.405 e. The van der Waals surface area contributed by atoms with Crippen LogP contribution in [-0.2, 0) is 58.3 Å². The maximum absolute atomic E-state index is 14.2. The van der Waals surface area contributed by atoms with Crippen LogP contribution in [0.4, 0.5) is 4.79 Å². The Morgan fingerprint density at radius 1 is 0.930 bits per heavy atom. The van der Waals surface area contributed by atoms with Crippen molar-refractivity contribution in [3.63, 3.8) is 0 Å². The summed E-state index contributed by atoms with van der Waals surface area (Å²) in [6, 6.07) is 16.2. The van der Waals surface area contributed by atoms with E-state index in [1.807, 2.05) is 50.2 Å². The molecule has 4 N–H and O–H groups in total. The summed E-state index contributed by atoms with van der Waals surface area (Å²) in [6.45, 7) is 9.33. The van der Waals surface area contributed by atoms with Crippen LogP contribution < -0.4 is 16.4 Å². The highest BCUT2D eigenvalue weighted by Crippen LogP contribution is 2.60. The number of amides is 3. The number of carbonyl (C=O) groups excluding carboxylic acids is 3. The van der Waals surface area contributed by atoms with Crippen molar-refractivity contribution in [1.82, 2.24) is 10.6 Å². The lowest BCUT2D eigenvalue weighted by Gasteiger charge is -2.60. The summed E-state index contributed by atoms with van der Waals surface area (Å²) in [5, 5.41) is 5.73. The Hall–Kier alpha value is -3.66. The molecule has 4 saturated heterocycles. The molecule has 1 saturated carbocycles. The van der Waals surface area contributed by atoms with Crippen molar-refractivity contribution in [2.75, 3.05) is 19.8 Å². The largest absolute Gasteiger partial charge is 0.434 e. The quantitative estimate of drug-likeness (QED) is 0.124. The molecule has 2 bridgehead atoms. The Labute approximate surface area is 334 Å². The highest BCUT2D eigenvalue weighted by atomic mass is 31.2. The van der Waals surface area contributed by atoms with Crippen LogP contribution in [0.25, 0.3) is 0 Å². The summed E-state index contributed by atoms with van der Waals surface area (Å²) in [5.74, 6) is -0.794. The van der Waals surface area contributed by atoms with Gasteiger partial charge in [-0.2, -0.15) is 0 Å². The van der Waals surface area contributed by atoms with E-state index in [1.54, 1.807) is 44.2 Å². The maximum atomic E-state index is 14.2. The number of fused-ring (bicyclic) bond motifs is 2. The van der Waals surface area contributed by atoms with E-state index < -0.39 is 74.3 Å². The molecule has 4 aliphatic heterocycles. The van der Waals surface area contributed by atoms with Crippen LogP contribution in [0.3, 0.4) is 0 Å². The SMILES string of the molecule is CCOP(=O)(/C=C/C(NC(=O)C(Cc1ccccc1)NC(=O)C(CO[C@H]1O[C@@H]2O[C@@]3(C)CC[C@H]4[C@H](C)CC[C@@H]([C@H]1C)[C@@]24OO3)OC(N)=O)c1ccccc1)OCC. The standard InChI is InChI=1S/C41H56N3O12P/c1-6-50-57(48,51-7-2)23-21-32(29-16-12-9-13-17-29)43-35(45)33(24-28-14-10-8-11-15-28)44-36(46)34(52-39(42)47)25-49-37-27(4)31-19-18-26(3)30-20-22-40(5)54-38(53-37)41(30,31)56-55-40/h8-17,21,23,26-27,30-34,37-38H,6-7,18-20,22,24-25H2,1-5H3,(H2,42,47)(H,43,45)(H,44,46)/b23-21+/t26-,27-,30+,31+,32?,33?,34?,37+,38-,40-,41-/m1/s1. The van der Waals surface area contributed by atoms with Crippen molar-refractivity contribution in [3.05, 3.63) is 83.7 Å². The number of benzene rings is 2. The highest BCUT2D eigenvalue weighted by molar-refractivity contribution is 7.57. The minimum Gasteiger partial charge on any atom is -0.434 e. The number of carbonyl (C=O) groups is 3. The van der Waals surface area contributed by atoms with Crippen LogP contribution in [0.15, 0.2) is 72.6 Å². The molecule has 16 heteroatoms. The van der Waals surface area contributed by atoms with Gasteiger partial charge in [-0.05, 0) is 69.1 Å². The third-order valence-electron chi connectivity index (χ3n) is 11.5. The molecule has 1 spiro atoms. The van der Waals surface area contributed by atoms with Crippen LogP contribution >= 0.6 is 7.60 Å². The Balaban J connectivity index is 1.20. The fourth-order valence-electron chi connectivity index (χ4n) is 8.70. The fourth-order valence-corrected chi connectivity index (χ4v) is 10.1. The van der Waals surface area contributed by atoms with Gasteiger partial charge in [0.05, 0.1) is 25.9 Å². The van der Waals surface area contributed by atoms with E-state index in [0.29, 0.717) is 17.9 Å². The van der Waals surface area contributed by atoms with Crippen LogP contribution in [0.5, 0.6) is 0 Å². The average Bonchev–Trinajstić information content (AvgIpc) is 3.42. The number of hydrogen-bond donors (Lipinski definition) is 3. The van der Waals surface area contributed by atoms with Crippen molar-refractivity contribution in [1.29, 1.82) is 0 Å². The second kappa shape index (κ2) is 18.5. The molecular formula is C41H56N3O12P. The summed E-state index contributed by atoms with van der Waals surface area (Å²) < 4.78 is 48.6. The summed E-state index contributed by atoms with van der Waals surface area (Å²) in [5.41, 5.74) is 6.06. The minimum atomic E-state index is -3.62. The lowest BCUT2D eigenvalue weighted by atomic mass is 9.58. The molecule has 57 heavy (non-hydrogen) atoms. The second-order valence-electron chi connectivity index (χ2n) is 15.4. The van der Waals surface area contributed by atoms with Crippen LogP contribution in [0.2, 0.25) is 0 Å². The number of nitrogens with one attached hydrogen (secondary N) is 2. The molecule has 2 aromatic rings. The molecule has 11 atom stereocenters. The molecule has 0 aromatic heterocycles. The molecule has 1 aliphatic carbocycles. The van der Waals surface area contributed by atoms with Crippen LogP contribution in [0, 0.1) is 23.7 Å². The second-order valence-corrected chi connectivity index (χ2v) is 17.3. The molecule has 7 rings (SSSR count). The minimum absolute atomic E-state index is 0.0454. The topological polar surface area (TPSA) is 192 Å². The summed E-state index contributed by atoms with van der Waals surface area (Å²) in [4.78, 5) is 52.5. The fraction of sp³-hybridized carbons (Fsp3) is 0.585. The average molecular weight is 814 g/mol. The normalized spacial score (nSPS) is 31.0. The van der Waals surface area contributed by atoms with Gasteiger partial charge in [-0.15, -0.1) is 0 Å².